The first-order chi connectivity index (χ1) is 9.97. The van der Waals surface area contributed by atoms with Crippen LogP contribution in [0, 0.1) is 13.8 Å². The number of hydrogen-bond donors (Lipinski definition) is 1. The molecule has 3 nitrogen and oxygen atoms in total. The predicted molar refractivity (Wildman–Crippen MR) is 79.9 cm³/mol. The van der Waals surface area contributed by atoms with Crippen molar-refractivity contribution in [2.45, 2.75) is 40.0 Å². The van der Waals surface area contributed by atoms with Gasteiger partial charge in [-0.05, 0) is 26.8 Å². The Labute approximate surface area is 127 Å². The van der Waals surface area contributed by atoms with Crippen LogP contribution in [0.15, 0.2) is 24.3 Å². The standard InChI is InChI=1S/C15H18F2N2OS/c1-9(14-10(2)21-11(3)19-14)18-8-12-6-4-5-7-13(12)20-15(16)17/h4-7,9,15,18H,8H2,1-3H3. The Morgan fingerprint density at radius 1 is 1.29 bits per heavy atom. The highest BCUT2D eigenvalue weighted by atomic mass is 32.1. The molecular formula is C15H18F2N2OS. The molecule has 6 heteroatoms. The number of nitrogens with one attached hydrogen (secondary N) is 1. The SMILES string of the molecule is Cc1nc(C(C)NCc2ccccc2OC(F)F)c(C)s1. The number of rotatable bonds is 6. The summed E-state index contributed by atoms with van der Waals surface area (Å²) < 4.78 is 29.3. The molecule has 0 aliphatic carbocycles. The molecule has 114 valence electrons. The number of ether oxygens (including phenoxy) is 1. The van der Waals surface area contributed by atoms with E-state index in [1.807, 2.05) is 20.8 Å². The van der Waals surface area contributed by atoms with Gasteiger partial charge in [0.25, 0.3) is 0 Å². The molecule has 0 fully saturated rings. The zero-order valence-electron chi connectivity index (χ0n) is 12.2. The lowest BCUT2D eigenvalue weighted by Gasteiger charge is -2.15. The Morgan fingerprint density at radius 2 is 2.00 bits per heavy atom. The quantitative estimate of drug-likeness (QED) is 0.867. The maximum absolute atomic E-state index is 12.4. The van der Waals surface area contributed by atoms with Crippen LogP contribution >= 0.6 is 11.3 Å². The Morgan fingerprint density at radius 3 is 2.62 bits per heavy atom. The maximum atomic E-state index is 12.4. The molecule has 0 radical (unpaired) electrons. The lowest BCUT2D eigenvalue weighted by Crippen LogP contribution is -2.20. The van der Waals surface area contributed by atoms with Gasteiger partial charge in [0.1, 0.15) is 5.75 Å². The largest absolute Gasteiger partial charge is 0.434 e. The summed E-state index contributed by atoms with van der Waals surface area (Å²) in [7, 11) is 0. The van der Waals surface area contributed by atoms with Crippen LogP contribution in [-0.2, 0) is 6.54 Å². The Hall–Kier alpha value is -1.53. The van der Waals surface area contributed by atoms with E-state index < -0.39 is 6.61 Å². The maximum Gasteiger partial charge on any atom is 0.387 e. The lowest BCUT2D eigenvalue weighted by atomic mass is 10.1. The summed E-state index contributed by atoms with van der Waals surface area (Å²) in [6.45, 7) is 3.65. The first kappa shape index (κ1) is 15.9. The van der Waals surface area contributed by atoms with Gasteiger partial charge in [-0.25, -0.2) is 4.98 Å². The minimum atomic E-state index is -2.81. The molecule has 2 rings (SSSR count). The highest BCUT2D eigenvalue weighted by Crippen LogP contribution is 2.24. The van der Waals surface area contributed by atoms with E-state index in [1.165, 1.54) is 4.88 Å². The van der Waals surface area contributed by atoms with Crippen LogP contribution in [-0.4, -0.2) is 11.6 Å². The average Bonchev–Trinajstić information content (AvgIpc) is 2.76. The monoisotopic (exact) mass is 312 g/mol. The molecule has 0 saturated carbocycles. The zero-order valence-corrected chi connectivity index (χ0v) is 13.0. The molecule has 1 N–H and O–H groups in total. The second-order valence-electron chi connectivity index (χ2n) is 4.76. The van der Waals surface area contributed by atoms with E-state index in [0.717, 1.165) is 10.7 Å². The topological polar surface area (TPSA) is 34.2 Å². The van der Waals surface area contributed by atoms with Gasteiger partial charge in [0.2, 0.25) is 0 Å². The summed E-state index contributed by atoms with van der Waals surface area (Å²) in [4.78, 5) is 5.67. The molecule has 21 heavy (non-hydrogen) atoms. The van der Waals surface area contributed by atoms with Crippen molar-refractivity contribution in [2.75, 3.05) is 0 Å². The Balaban J connectivity index is 2.04. The molecule has 0 aliphatic rings. The minimum Gasteiger partial charge on any atom is -0.434 e. The lowest BCUT2D eigenvalue weighted by molar-refractivity contribution is -0.0505. The third-order valence-corrected chi connectivity index (χ3v) is 4.04. The predicted octanol–water partition coefficient (Wildman–Crippen LogP) is 4.21. The Kier molecular flexibility index (Phi) is 5.25. The van der Waals surface area contributed by atoms with Crippen LogP contribution in [0.25, 0.3) is 0 Å². The van der Waals surface area contributed by atoms with Crippen molar-refractivity contribution in [1.82, 2.24) is 10.3 Å². The average molecular weight is 312 g/mol. The number of aryl methyl sites for hydroxylation is 2. The number of alkyl halides is 2. The van der Waals surface area contributed by atoms with Crippen molar-refractivity contribution in [2.24, 2.45) is 0 Å². The fraction of sp³-hybridized carbons (Fsp3) is 0.400. The van der Waals surface area contributed by atoms with E-state index in [9.17, 15) is 8.78 Å². The summed E-state index contributed by atoms with van der Waals surface area (Å²) in [5.74, 6) is 0.207. The molecule has 1 unspecified atom stereocenters. The number of para-hydroxylation sites is 1. The van der Waals surface area contributed by atoms with Gasteiger partial charge >= 0.3 is 6.61 Å². The molecule has 2 aromatic rings. The highest BCUT2D eigenvalue weighted by molar-refractivity contribution is 7.11. The number of halogens is 2. The van der Waals surface area contributed by atoms with Crippen LogP contribution in [0.1, 0.15) is 34.1 Å². The summed E-state index contributed by atoms with van der Waals surface area (Å²) in [5.41, 5.74) is 1.71. The minimum absolute atomic E-state index is 0.0505. The van der Waals surface area contributed by atoms with Gasteiger partial charge in [-0.1, -0.05) is 18.2 Å². The summed E-state index contributed by atoms with van der Waals surface area (Å²) in [5, 5.41) is 4.33. The van der Waals surface area contributed by atoms with E-state index in [-0.39, 0.29) is 11.8 Å². The van der Waals surface area contributed by atoms with E-state index in [0.29, 0.717) is 12.1 Å². The third kappa shape index (κ3) is 4.22. The second kappa shape index (κ2) is 6.95. The second-order valence-corrected chi connectivity index (χ2v) is 6.17. The summed E-state index contributed by atoms with van der Waals surface area (Å²) >= 11 is 1.66. The number of aromatic nitrogens is 1. The van der Waals surface area contributed by atoms with Crippen LogP contribution in [0.3, 0.4) is 0 Å². The molecule has 0 bridgehead atoms. The Bertz CT molecular complexity index is 601. The smallest absolute Gasteiger partial charge is 0.387 e. The first-order valence-corrected chi connectivity index (χ1v) is 7.49. The van der Waals surface area contributed by atoms with Gasteiger partial charge < -0.3 is 10.1 Å². The molecule has 1 aromatic carbocycles. The van der Waals surface area contributed by atoms with Crippen molar-refractivity contribution >= 4 is 11.3 Å². The van der Waals surface area contributed by atoms with Gasteiger partial charge in [-0.15, -0.1) is 11.3 Å². The normalized spacial score (nSPS) is 12.7. The number of thiazole rings is 1. The molecule has 0 saturated heterocycles. The number of nitrogens with zero attached hydrogens (tertiary/aromatic N) is 1. The van der Waals surface area contributed by atoms with Crippen molar-refractivity contribution in [3.63, 3.8) is 0 Å². The third-order valence-electron chi connectivity index (χ3n) is 3.14. The zero-order chi connectivity index (χ0) is 15.4. The molecule has 1 atom stereocenters. The molecule has 0 aliphatic heterocycles. The van der Waals surface area contributed by atoms with Gasteiger partial charge in [0, 0.05) is 23.0 Å². The summed E-state index contributed by atoms with van der Waals surface area (Å²) in [6.07, 6.45) is 0. The van der Waals surface area contributed by atoms with E-state index in [2.05, 4.69) is 15.0 Å². The van der Waals surface area contributed by atoms with E-state index in [4.69, 9.17) is 0 Å². The highest BCUT2D eigenvalue weighted by Gasteiger charge is 2.14. The van der Waals surface area contributed by atoms with E-state index >= 15 is 0 Å². The number of hydrogen-bond acceptors (Lipinski definition) is 4. The fourth-order valence-corrected chi connectivity index (χ4v) is 3.08. The van der Waals surface area contributed by atoms with Crippen molar-refractivity contribution < 1.29 is 13.5 Å². The summed E-state index contributed by atoms with van der Waals surface area (Å²) in [6, 6.07) is 6.86. The molecule has 0 amide bonds. The molecule has 1 aromatic heterocycles. The van der Waals surface area contributed by atoms with Crippen LogP contribution < -0.4 is 10.1 Å². The van der Waals surface area contributed by atoms with Gasteiger partial charge in [-0.3, -0.25) is 0 Å². The van der Waals surface area contributed by atoms with Crippen LogP contribution in [0.2, 0.25) is 0 Å². The molecular weight excluding hydrogens is 294 g/mol. The van der Waals surface area contributed by atoms with Crippen molar-refractivity contribution in [1.29, 1.82) is 0 Å². The van der Waals surface area contributed by atoms with Crippen molar-refractivity contribution in [3.8, 4) is 5.75 Å². The van der Waals surface area contributed by atoms with Crippen molar-refractivity contribution in [3.05, 3.63) is 45.4 Å². The van der Waals surface area contributed by atoms with Crippen LogP contribution in [0.4, 0.5) is 8.78 Å². The van der Waals surface area contributed by atoms with Gasteiger partial charge in [0.05, 0.1) is 10.7 Å². The first-order valence-electron chi connectivity index (χ1n) is 6.67. The molecule has 1 heterocycles. The van der Waals surface area contributed by atoms with E-state index in [1.54, 1.807) is 35.6 Å². The number of benzene rings is 1. The fourth-order valence-electron chi connectivity index (χ4n) is 2.17. The molecule has 0 spiro atoms. The van der Waals surface area contributed by atoms with Gasteiger partial charge in [0.15, 0.2) is 0 Å². The van der Waals surface area contributed by atoms with Crippen LogP contribution in [0.5, 0.6) is 5.75 Å². The van der Waals surface area contributed by atoms with Gasteiger partial charge in [-0.2, -0.15) is 8.78 Å².